The average Bonchev–Trinajstić information content (AvgIpc) is 2.87. The lowest BCUT2D eigenvalue weighted by atomic mass is 9.90. The summed E-state index contributed by atoms with van der Waals surface area (Å²) in [6.07, 6.45) is 2.21. The Morgan fingerprint density at radius 1 is 1.10 bits per heavy atom. The van der Waals surface area contributed by atoms with Crippen molar-refractivity contribution < 1.29 is 13.2 Å². The van der Waals surface area contributed by atoms with Gasteiger partial charge in [0.1, 0.15) is 0 Å². The van der Waals surface area contributed by atoms with Crippen LogP contribution in [0.1, 0.15) is 51.9 Å². The van der Waals surface area contributed by atoms with Crippen LogP contribution in [0.25, 0.3) is 0 Å². The van der Waals surface area contributed by atoms with Crippen LogP contribution in [0, 0.1) is 11.8 Å². The lowest BCUT2D eigenvalue weighted by Crippen LogP contribution is -2.50. The maximum Gasteiger partial charge on any atom is 0.389 e. The van der Waals surface area contributed by atoms with Crippen LogP contribution in [-0.2, 0) is 0 Å². The molecule has 0 amide bonds. The van der Waals surface area contributed by atoms with Gasteiger partial charge in [-0.3, -0.25) is 0 Å². The third-order valence-electron chi connectivity index (χ3n) is 4.84. The van der Waals surface area contributed by atoms with Crippen LogP contribution in [0.3, 0.4) is 0 Å². The predicted molar refractivity (Wildman–Crippen MR) is 79.3 cm³/mol. The molecule has 0 bridgehead atoms. The van der Waals surface area contributed by atoms with Crippen molar-refractivity contribution in [2.45, 2.75) is 64.1 Å². The number of nitrogens with one attached hydrogen (secondary N) is 1. The summed E-state index contributed by atoms with van der Waals surface area (Å²) in [5.74, 6) is 0.499. The number of hydrogen-bond donors (Lipinski definition) is 1. The van der Waals surface area contributed by atoms with Crippen LogP contribution >= 0.6 is 0 Å². The van der Waals surface area contributed by atoms with E-state index in [-0.39, 0.29) is 12.0 Å². The summed E-state index contributed by atoms with van der Waals surface area (Å²) in [4.78, 5) is 2.21. The lowest BCUT2D eigenvalue weighted by Gasteiger charge is -2.38. The second-order valence-corrected chi connectivity index (χ2v) is 6.94. The number of hydrogen-bond acceptors (Lipinski definition) is 2. The van der Waals surface area contributed by atoms with E-state index >= 15 is 0 Å². The van der Waals surface area contributed by atoms with Gasteiger partial charge in [-0.05, 0) is 50.6 Å². The highest BCUT2D eigenvalue weighted by Crippen LogP contribution is 2.31. The van der Waals surface area contributed by atoms with Gasteiger partial charge in [0.05, 0.1) is 0 Å². The van der Waals surface area contributed by atoms with Crippen molar-refractivity contribution in [3.05, 3.63) is 0 Å². The second kappa shape index (κ2) is 7.82. The molecule has 21 heavy (non-hydrogen) atoms. The lowest BCUT2D eigenvalue weighted by molar-refractivity contribution is -0.148. The molecule has 2 fully saturated rings. The Morgan fingerprint density at radius 3 is 2.43 bits per heavy atom. The van der Waals surface area contributed by atoms with Crippen LogP contribution in [-0.4, -0.2) is 43.3 Å². The SMILES string of the molecule is CCCN1CC(CC(F)(F)F)CC(NCC2CCCC2)C1. The molecule has 1 N–H and O–H groups in total. The molecule has 2 unspecified atom stereocenters. The molecule has 0 aromatic carbocycles. The van der Waals surface area contributed by atoms with Gasteiger partial charge in [0, 0.05) is 25.6 Å². The fourth-order valence-electron chi connectivity index (χ4n) is 3.97. The zero-order valence-electron chi connectivity index (χ0n) is 13.1. The quantitative estimate of drug-likeness (QED) is 0.802. The first-order valence-corrected chi connectivity index (χ1v) is 8.48. The number of likely N-dealkylation sites (tertiary alicyclic amines) is 1. The van der Waals surface area contributed by atoms with Gasteiger partial charge in [-0.2, -0.15) is 13.2 Å². The average molecular weight is 306 g/mol. The molecule has 0 spiro atoms. The molecule has 1 aliphatic carbocycles. The molecule has 5 heteroatoms. The van der Waals surface area contributed by atoms with Gasteiger partial charge in [0.2, 0.25) is 0 Å². The van der Waals surface area contributed by atoms with Crippen molar-refractivity contribution in [2.24, 2.45) is 11.8 Å². The van der Waals surface area contributed by atoms with E-state index in [9.17, 15) is 13.2 Å². The Morgan fingerprint density at radius 2 is 1.81 bits per heavy atom. The monoisotopic (exact) mass is 306 g/mol. The van der Waals surface area contributed by atoms with Crippen molar-refractivity contribution >= 4 is 0 Å². The molecule has 124 valence electrons. The number of rotatable bonds is 6. The summed E-state index contributed by atoms with van der Waals surface area (Å²) in [7, 11) is 0. The summed E-state index contributed by atoms with van der Waals surface area (Å²) in [6, 6.07) is 0.234. The van der Waals surface area contributed by atoms with Crippen LogP contribution in [0.5, 0.6) is 0 Å². The standard InChI is InChI=1S/C16H29F3N2/c1-2-7-21-11-14(9-16(17,18)19)8-15(12-21)20-10-13-5-3-4-6-13/h13-15,20H,2-12H2,1H3. The van der Waals surface area contributed by atoms with E-state index in [0.717, 1.165) is 32.0 Å². The van der Waals surface area contributed by atoms with Gasteiger partial charge >= 0.3 is 6.18 Å². The smallest absolute Gasteiger partial charge is 0.312 e. The molecule has 2 aliphatic rings. The molecule has 1 saturated heterocycles. The maximum atomic E-state index is 12.7. The summed E-state index contributed by atoms with van der Waals surface area (Å²) >= 11 is 0. The predicted octanol–water partition coefficient (Wildman–Crippen LogP) is 3.82. The Kier molecular flexibility index (Phi) is 6.35. The van der Waals surface area contributed by atoms with Crippen molar-refractivity contribution in [3.8, 4) is 0 Å². The zero-order valence-corrected chi connectivity index (χ0v) is 13.1. The van der Waals surface area contributed by atoms with E-state index < -0.39 is 12.6 Å². The molecule has 1 saturated carbocycles. The number of nitrogens with zero attached hydrogens (tertiary/aromatic N) is 1. The van der Waals surface area contributed by atoms with Crippen molar-refractivity contribution in [3.63, 3.8) is 0 Å². The molecule has 1 heterocycles. The molecule has 2 atom stereocenters. The summed E-state index contributed by atoms with van der Waals surface area (Å²) in [6.45, 7) is 5.51. The molecule has 0 aromatic heterocycles. The number of alkyl halides is 3. The Labute approximate surface area is 126 Å². The normalized spacial score (nSPS) is 29.1. The van der Waals surface area contributed by atoms with Crippen LogP contribution < -0.4 is 5.32 Å². The van der Waals surface area contributed by atoms with Crippen LogP contribution in [0.2, 0.25) is 0 Å². The molecule has 0 aromatic rings. The molecule has 2 rings (SSSR count). The number of halogens is 3. The minimum Gasteiger partial charge on any atom is -0.312 e. The fourth-order valence-corrected chi connectivity index (χ4v) is 3.97. The largest absolute Gasteiger partial charge is 0.389 e. The van der Waals surface area contributed by atoms with E-state index in [2.05, 4.69) is 17.1 Å². The highest BCUT2D eigenvalue weighted by Gasteiger charge is 2.36. The number of piperidine rings is 1. The maximum absolute atomic E-state index is 12.7. The van der Waals surface area contributed by atoms with E-state index in [4.69, 9.17) is 0 Å². The second-order valence-electron chi connectivity index (χ2n) is 6.94. The summed E-state index contributed by atoms with van der Waals surface area (Å²) < 4.78 is 38.0. The minimum atomic E-state index is -4.03. The molecule has 1 aliphatic heterocycles. The Hall–Kier alpha value is -0.290. The van der Waals surface area contributed by atoms with E-state index in [1.807, 2.05) is 0 Å². The third-order valence-corrected chi connectivity index (χ3v) is 4.84. The van der Waals surface area contributed by atoms with Gasteiger partial charge in [-0.25, -0.2) is 0 Å². The van der Waals surface area contributed by atoms with Gasteiger partial charge in [0.15, 0.2) is 0 Å². The van der Waals surface area contributed by atoms with Crippen LogP contribution in [0.15, 0.2) is 0 Å². The first-order chi connectivity index (χ1) is 9.96. The Bertz CT molecular complexity index is 300. The van der Waals surface area contributed by atoms with E-state index in [0.29, 0.717) is 13.0 Å². The minimum absolute atomic E-state index is 0.234. The highest BCUT2D eigenvalue weighted by molar-refractivity contribution is 4.85. The van der Waals surface area contributed by atoms with Gasteiger partial charge in [-0.1, -0.05) is 19.8 Å². The highest BCUT2D eigenvalue weighted by atomic mass is 19.4. The van der Waals surface area contributed by atoms with E-state index in [1.54, 1.807) is 0 Å². The van der Waals surface area contributed by atoms with E-state index in [1.165, 1.54) is 25.7 Å². The van der Waals surface area contributed by atoms with Crippen molar-refractivity contribution in [2.75, 3.05) is 26.2 Å². The third kappa shape index (κ3) is 6.15. The first-order valence-electron chi connectivity index (χ1n) is 8.48. The summed E-state index contributed by atoms with van der Waals surface area (Å²) in [5, 5.41) is 3.56. The van der Waals surface area contributed by atoms with Gasteiger partial charge in [-0.15, -0.1) is 0 Å². The first kappa shape index (κ1) is 17.1. The molecular weight excluding hydrogens is 277 g/mol. The molecular formula is C16H29F3N2. The zero-order chi connectivity index (χ0) is 15.3. The van der Waals surface area contributed by atoms with Crippen molar-refractivity contribution in [1.29, 1.82) is 0 Å². The van der Waals surface area contributed by atoms with Gasteiger partial charge < -0.3 is 10.2 Å². The van der Waals surface area contributed by atoms with Gasteiger partial charge in [0.25, 0.3) is 0 Å². The summed E-state index contributed by atoms with van der Waals surface area (Å²) in [5.41, 5.74) is 0. The Balaban J connectivity index is 1.83. The fraction of sp³-hybridized carbons (Fsp3) is 1.00. The molecule has 0 radical (unpaired) electrons. The van der Waals surface area contributed by atoms with Crippen LogP contribution in [0.4, 0.5) is 13.2 Å². The van der Waals surface area contributed by atoms with Crippen molar-refractivity contribution in [1.82, 2.24) is 10.2 Å². The molecule has 2 nitrogen and oxygen atoms in total. The topological polar surface area (TPSA) is 15.3 Å².